The number of carbonyl (C=O) groups is 3. The van der Waals surface area contributed by atoms with Gasteiger partial charge in [0.15, 0.2) is 0 Å². The Morgan fingerprint density at radius 2 is 1.69 bits per heavy atom. The molecule has 0 radical (unpaired) electrons. The van der Waals surface area contributed by atoms with E-state index in [0.717, 1.165) is 16.0 Å². The number of rotatable bonds is 4. The molecule has 0 spiro atoms. The highest BCUT2D eigenvalue weighted by Gasteiger charge is 2.36. The minimum atomic E-state index is -1.33. The summed E-state index contributed by atoms with van der Waals surface area (Å²) in [5.41, 5.74) is 8.42. The number of aromatic carboxylic acids is 1. The summed E-state index contributed by atoms with van der Waals surface area (Å²) in [6.45, 7) is 0. The van der Waals surface area contributed by atoms with E-state index in [4.69, 9.17) is 10.7 Å². The Hall–Kier alpha value is -4.46. The van der Waals surface area contributed by atoms with Crippen LogP contribution < -0.4 is 15.5 Å². The van der Waals surface area contributed by atoms with Crippen molar-refractivity contribution in [2.24, 2.45) is 10.7 Å². The first kappa shape index (κ1) is 20.8. The van der Waals surface area contributed by atoms with E-state index in [2.05, 4.69) is 0 Å². The maximum Gasteiger partial charge on any atom is 0.335 e. The standard InChI is InChI=1S/C24H20N4O4/c1-27-19-13-6-5-12-18(19)20(15-8-3-2-4-9-15)26-21(22(27)29)28(24(25)32)17-11-7-10-16(14-17)23(30)31/h2-14,21H,1H3,(H2,25,32)(H,30,31). The fourth-order valence-corrected chi connectivity index (χ4v) is 3.68. The molecule has 1 aliphatic rings. The van der Waals surface area contributed by atoms with Gasteiger partial charge in [-0.3, -0.25) is 9.69 Å². The van der Waals surface area contributed by atoms with Gasteiger partial charge in [-0.2, -0.15) is 0 Å². The van der Waals surface area contributed by atoms with Gasteiger partial charge in [-0.25, -0.2) is 14.6 Å². The first-order valence-electron chi connectivity index (χ1n) is 9.80. The first-order chi connectivity index (χ1) is 15.4. The Morgan fingerprint density at radius 1 is 1.00 bits per heavy atom. The van der Waals surface area contributed by atoms with Crippen molar-refractivity contribution in [3.63, 3.8) is 0 Å². The van der Waals surface area contributed by atoms with E-state index >= 15 is 0 Å². The van der Waals surface area contributed by atoms with Crippen molar-refractivity contribution in [2.75, 3.05) is 16.8 Å². The highest BCUT2D eigenvalue weighted by Crippen LogP contribution is 2.30. The number of para-hydroxylation sites is 1. The van der Waals surface area contributed by atoms with Crippen molar-refractivity contribution in [2.45, 2.75) is 6.17 Å². The van der Waals surface area contributed by atoms with E-state index in [1.807, 2.05) is 48.5 Å². The summed E-state index contributed by atoms with van der Waals surface area (Å²) < 4.78 is 0. The summed E-state index contributed by atoms with van der Waals surface area (Å²) >= 11 is 0. The highest BCUT2D eigenvalue weighted by atomic mass is 16.4. The minimum Gasteiger partial charge on any atom is -0.478 e. The quantitative estimate of drug-likeness (QED) is 0.664. The molecule has 3 amide bonds. The lowest BCUT2D eigenvalue weighted by Gasteiger charge is -2.29. The molecule has 0 bridgehead atoms. The van der Waals surface area contributed by atoms with Gasteiger partial charge in [0.2, 0.25) is 6.17 Å². The van der Waals surface area contributed by atoms with E-state index in [1.165, 1.54) is 29.2 Å². The van der Waals surface area contributed by atoms with E-state index in [9.17, 15) is 19.5 Å². The van der Waals surface area contributed by atoms with E-state index in [1.54, 1.807) is 13.1 Å². The summed E-state index contributed by atoms with van der Waals surface area (Å²) in [5, 5.41) is 9.35. The lowest BCUT2D eigenvalue weighted by atomic mass is 10.0. The molecule has 1 unspecified atom stereocenters. The van der Waals surface area contributed by atoms with Gasteiger partial charge in [-0.1, -0.05) is 54.6 Å². The van der Waals surface area contributed by atoms with Crippen LogP contribution in [-0.2, 0) is 4.79 Å². The number of carboxylic acid groups (broad SMARTS) is 1. The molecule has 0 saturated carbocycles. The van der Waals surface area contributed by atoms with E-state index < -0.39 is 24.1 Å². The van der Waals surface area contributed by atoms with Gasteiger partial charge in [0, 0.05) is 23.9 Å². The molecule has 3 aromatic rings. The molecule has 0 saturated heterocycles. The van der Waals surface area contributed by atoms with Crippen LogP contribution in [0.1, 0.15) is 21.5 Å². The van der Waals surface area contributed by atoms with E-state index in [0.29, 0.717) is 11.4 Å². The van der Waals surface area contributed by atoms with Crippen LogP contribution in [0, 0.1) is 0 Å². The number of anilines is 2. The number of hydrogen-bond acceptors (Lipinski definition) is 4. The van der Waals surface area contributed by atoms with Crippen LogP contribution in [0.5, 0.6) is 0 Å². The number of aliphatic imine (C=N–C) groups is 1. The fourth-order valence-electron chi connectivity index (χ4n) is 3.68. The molecule has 1 aliphatic heterocycles. The average Bonchev–Trinajstić information content (AvgIpc) is 2.91. The largest absolute Gasteiger partial charge is 0.478 e. The van der Waals surface area contributed by atoms with Gasteiger partial charge in [0.25, 0.3) is 5.91 Å². The predicted molar refractivity (Wildman–Crippen MR) is 121 cm³/mol. The molecule has 8 nitrogen and oxygen atoms in total. The number of primary amides is 1. The van der Waals surface area contributed by atoms with Crippen molar-refractivity contribution >= 4 is 35.0 Å². The first-order valence-corrected chi connectivity index (χ1v) is 9.80. The van der Waals surface area contributed by atoms with Crippen LogP contribution in [0.25, 0.3) is 0 Å². The maximum atomic E-state index is 13.5. The Morgan fingerprint density at radius 3 is 2.38 bits per heavy atom. The fraction of sp³-hybridized carbons (Fsp3) is 0.0833. The summed E-state index contributed by atoms with van der Waals surface area (Å²) in [7, 11) is 1.60. The molecule has 0 aromatic heterocycles. The summed E-state index contributed by atoms with van der Waals surface area (Å²) in [5.74, 6) is -1.65. The van der Waals surface area contributed by atoms with Crippen molar-refractivity contribution in [1.29, 1.82) is 0 Å². The van der Waals surface area contributed by atoms with Crippen LogP contribution in [-0.4, -0.2) is 41.9 Å². The Balaban J connectivity index is 1.94. The number of fused-ring (bicyclic) bond motifs is 1. The summed E-state index contributed by atoms with van der Waals surface area (Å²) in [4.78, 5) is 44.6. The summed E-state index contributed by atoms with van der Waals surface area (Å²) in [6.07, 6.45) is -1.33. The van der Waals surface area contributed by atoms with Gasteiger partial charge in [0.1, 0.15) is 0 Å². The van der Waals surface area contributed by atoms with Crippen LogP contribution in [0.15, 0.2) is 83.9 Å². The normalized spacial score (nSPS) is 15.4. The molecule has 0 fully saturated rings. The van der Waals surface area contributed by atoms with Crippen molar-refractivity contribution in [3.8, 4) is 0 Å². The molecule has 8 heteroatoms. The predicted octanol–water partition coefficient (Wildman–Crippen LogP) is 3.11. The number of nitrogens with zero attached hydrogens (tertiary/aromatic N) is 3. The number of nitrogens with two attached hydrogens (primary N) is 1. The number of carboxylic acids is 1. The lowest BCUT2D eigenvalue weighted by molar-refractivity contribution is -0.119. The van der Waals surface area contributed by atoms with Crippen LogP contribution >= 0.6 is 0 Å². The maximum absolute atomic E-state index is 13.5. The molecular formula is C24H20N4O4. The molecular weight excluding hydrogens is 408 g/mol. The number of benzene rings is 3. The Kier molecular flexibility index (Phi) is 5.43. The Labute approximate surface area is 184 Å². The van der Waals surface area contributed by atoms with Crippen LogP contribution in [0.2, 0.25) is 0 Å². The van der Waals surface area contributed by atoms with Gasteiger partial charge in [-0.05, 0) is 24.3 Å². The van der Waals surface area contributed by atoms with Crippen LogP contribution in [0.4, 0.5) is 16.2 Å². The number of benzodiazepines with no additional fused rings is 1. The molecule has 1 atom stereocenters. The topological polar surface area (TPSA) is 116 Å². The lowest BCUT2D eigenvalue weighted by Crippen LogP contribution is -2.51. The number of carbonyl (C=O) groups excluding carboxylic acids is 2. The van der Waals surface area contributed by atoms with Crippen molar-refractivity contribution < 1.29 is 19.5 Å². The number of amides is 3. The van der Waals surface area contributed by atoms with Gasteiger partial charge >= 0.3 is 12.0 Å². The molecule has 3 aromatic carbocycles. The highest BCUT2D eigenvalue weighted by molar-refractivity contribution is 6.21. The second-order valence-corrected chi connectivity index (χ2v) is 7.20. The smallest absolute Gasteiger partial charge is 0.335 e. The zero-order valence-corrected chi connectivity index (χ0v) is 17.2. The number of hydrogen-bond donors (Lipinski definition) is 2. The van der Waals surface area contributed by atoms with Crippen molar-refractivity contribution in [3.05, 3.63) is 95.6 Å². The third kappa shape index (κ3) is 3.69. The second-order valence-electron chi connectivity index (χ2n) is 7.20. The Bertz CT molecular complexity index is 1240. The molecule has 3 N–H and O–H groups in total. The third-order valence-electron chi connectivity index (χ3n) is 5.22. The van der Waals surface area contributed by atoms with Crippen LogP contribution in [0.3, 0.4) is 0 Å². The third-order valence-corrected chi connectivity index (χ3v) is 5.22. The molecule has 32 heavy (non-hydrogen) atoms. The number of urea groups is 1. The van der Waals surface area contributed by atoms with E-state index in [-0.39, 0.29) is 11.3 Å². The monoisotopic (exact) mass is 428 g/mol. The molecule has 4 rings (SSSR count). The van der Waals surface area contributed by atoms with Gasteiger partial charge in [-0.15, -0.1) is 0 Å². The molecule has 0 aliphatic carbocycles. The number of likely N-dealkylation sites (N-methyl/N-ethyl adjacent to an activating group) is 1. The van der Waals surface area contributed by atoms with Gasteiger partial charge in [0.05, 0.1) is 17.0 Å². The van der Waals surface area contributed by atoms with Gasteiger partial charge < -0.3 is 15.7 Å². The molecule has 160 valence electrons. The SMILES string of the molecule is CN1C(=O)C(N(C(N)=O)c2cccc(C(=O)O)c2)N=C(c2ccccc2)c2ccccc21. The summed E-state index contributed by atoms with van der Waals surface area (Å²) in [6, 6.07) is 21.4. The zero-order chi connectivity index (χ0) is 22.8. The second kappa shape index (κ2) is 8.35. The molecule has 1 heterocycles. The minimum absolute atomic E-state index is 0.0428. The average molecular weight is 428 g/mol. The zero-order valence-electron chi connectivity index (χ0n) is 17.2. The van der Waals surface area contributed by atoms with Crippen molar-refractivity contribution in [1.82, 2.24) is 0 Å².